The summed E-state index contributed by atoms with van der Waals surface area (Å²) in [7, 11) is 0. The number of carbonyl (C=O) groups is 1. The summed E-state index contributed by atoms with van der Waals surface area (Å²) in [5, 5.41) is 0. The van der Waals surface area contributed by atoms with Gasteiger partial charge in [-0.15, -0.1) is 0 Å². The molecule has 0 aromatic heterocycles. The minimum Gasteiger partial charge on any atom is -0.359 e. The van der Waals surface area contributed by atoms with E-state index < -0.39 is 5.91 Å². The Labute approximate surface area is 76.8 Å². The SMILES string of the molecule is NC(=O)C#CC#Cc1ccccc1. The highest BCUT2D eigenvalue weighted by Gasteiger charge is 1.79. The fourth-order valence-electron chi connectivity index (χ4n) is 0.718. The van der Waals surface area contributed by atoms with E-state index in [0.717, 1.165) is 5.56 Å². The third-order valence-electron chi connectivity index (χ3n) is 1.23. The molecule has 1 aromatic carbocycles. The zero-order valence-corrected chi connectivity index (χ0v) is 6.87. The third-order valence-corrected chi connectivity index (χ3v) is 1.23. The molecule has 2 nitrogen and oxygen atoms in total. The van der Waals surface area contributed by atoms with E-state index in [1.165, 1.54) is 0 Å². The standard InChI is InChI=1S/C11H7NO/c12-11(13)9-5-4-8-10-6-2-1-3-7-10/h1-3,6-7H,(H2,12,13). The maximum absolute atomic E-state index is 10.2. The van der Waals surface area contributed by atoms with Gasteiger partial charge in [0.2, 0.25) is 0 Å². The van der Waals surface area contributed by atoms with Crippen molar-refractivity contribution in [2.45, 2.75) is 0 Å². The largest absolute Gasteiger partial charge is 0.359 e. The van der Waals surface area contributed by atoms with Crippen LogP contribution in [0.15, 0.2) is 30.3 Å². The van der Waals surface area contributed by atoms with E-state index in [2.05, 4.69) is 23.7 Å². The normalized spacial score (nSPS) is 7.38. The van der Waals surface area contributed by atoms with Crippen molar-refractivity contribution in [3.8, 4) is 23.7 Å². The van der Waals surface area contributed by atoms with Gasteiger partial charge in [-0.3, -0.25) is 4.79 Å². The predicted octanol–water partition coefficient (Wildman–Crippen LogP) is 0.527. The van der Waals surface area contributed by atoms with Crippen molar-refractivity contribution in [1.82, 2.24) is 0 Å². The molecule has 1 amide bonds. The number of nitrogens with two attached hydrogens (primary N) is 1. The summed E-state index contributed by atoms with van der Waals surface area (Å²) in [5.41, 5.74) is 5.65. The molecule has 2 N–H and O–H groups in total. The van der Waals surface area contributed by atoms with Crippen molar-refractivity contribution in [1.29, 1.82) is 0 Å². The maximum Gasteiger partial charge on any atom is 0.294 e. The number of primary amides is 1. The van der Waals surface area contributed by atoms with E-state index in [-0.39, 0.29) is 0 Å². The highest BCUT2D eigenvalue weighted by atomic mass is 16.1. The zero-order valence-electron chi connectivity index (χ0n) is 6.87. The second kappa shape index (κ2) is 4.64. The molecule has 2 heteroatoms. The van der Waals surface area contributed by atoms with Crippen LogP contribution in [-0.4, -0.2) is 5.91 Å². The molecule has 0 atom stereocenters. The molecule has 0 bridgehead atoms. The highest BCUT2D eigenvalue weighted by Crippen LogP contribution is 1.93. The van der Waals surface area contributed by atoms with Gasteiger partial charge in [0.25, 0.3) is 5.91 Å². The van der Waals surface area contributed by atoms with Gasteiger partial charge in [0, 0.05) is 11.5 Å². The predicted molar refractivity (Wildman–Crippen MR) is 50.3 cm³/mol. The lowest BCUT2D eigenvalue weighted by atomic mass is 10.2. The summed E-state index contributed by atoms with van der Waals surface area (Å²) in [6, 6.07) is 9.38. The molecule has 0 aliphatic carbocycles. The number of hydrogen-bond donors (Lipinski definition) is 1. The van der Waals surface area contributed by atoms with Crippen LogP contribution in [-0.2, 0) is 4.79 Å². The van der Waals surface area contributed by atoms with Crippen LogP contribution in [0.25, 0.3) is 0 Å². The lowest BCUT2D eigenvalue weighted by Gasteiger charge is -1.83. The van der Waals surface area contributed by atoms with Gasteiger partial charge in [0.05, 0.1) is 0 Å². The van der Waals surface area contributed by atoms with Crippen LogP contribution in [0.1, 0.15) is 5.56 Å². The fourth-order valence-corrected chi connectivity index (χ4v) is 0.718. The number of rotatable bonds is 0. The van der Waals surface area contributed by atoms with Crippen LogP contribution in [0.2, 0.25) is 0 Å². The van der Waals surface area contributed by atoms with Gasteiger partial charge < -0.3 is 5.73 Å². The Bertz CT molecular complexity index is 412. The molecule has 0 fully saturated rings. The fraction of sp³-hybridized carbons (Fsp3) is 0. The molecule has 1 aromatic rings. The van der Waals surface area contributed by atoms with Crippen molar-refractivity contribution in [3.63, 3.8) is 0 Å². The van der Waals surface area contributed by atoms with E-state index in [0.29, 0.717) is 0 Å². The second-order valence-corrected chi connectivity index (χ2v) is 2.23. The average molecular weight is 169 g/mol. The monoisotopic (exact) mass is 169 g/mol. The molecule has 0 aliphatic heterocycles. The van der Waals surface area contributed by atoms with Crippen molar-refractivity contribution in [3.05, 3.63) is 35.9 Å². The highest BCUT2D eigenvalue weighted by molar-refractivity contribution is 5.92. The first-order valence-electron chi connectivity index (χ1n) is 3.65. The molecule has 1 rings (SSSR count). The molecule has 0 heterocycles. The zero-order chi connectivity index (χ0) is 9.52. The summed E-state index contributed by atoms with van der Waals surface area (Å²) < 4.78 is 0. The van der Waals surface area contributed by atoms with Gasteiger partial charge >= 0.3 is 0 Å². The van der Waals surface area contributed by atoms with Crippen LogP contribution in [0.5, 0.6) is 0 Å². The van der Waals surface area contributed by atoms with Crippen molar-refractivity contribution < 1.29 is 4.79 Å². The molecule has 0 aliphatic rings. The van der Waals surface area contributed by atoms with Crippen LogP contribution in [0, 0.1) is 23.7 Å². The van der Waals surface area contributed by atoms with E-state index in [1.807, 2.05) is 30.3 Å². The molecule has 0 saturated heterocycles. The lowest BCUT2D eigenvalue weighted by Crippen LogP contribution is -2.05. The average Bonchev–Trinajstić information content (AvgIpc) is 2.14. The van der Waals surface area contributed by atoms with E-state index in [4.69, 9.17) is 5.73 Å². The summed E-state index contributed by atoms with van der Waals surface area (Å²) in [6.07, 6.45) is 0. The summed E-state index contributed by atoms with van der Waals surface area (Å²) in [5.74, 6) is 9.10. The Morgan fingerprint density at radius 3 is 2.46 bits per heavy atom. The van der Waals surface area contributed by atoms with E-state index in [1.54, 1.807) is 0 Å². The Hall–Kier alpha value is -2.19. The number of benzene rings is 1. The van der Waals surface area contributed by atoms with Crippen LogP contribution < -0.4 is 5.73 Å². The molecule has 13 heavy (non-hydrogen) atoms. The van der Waals surface area contributed by atoms with Gasteiger partial charge in [0.1, 0.15) is 0 Å². The van der Waals surface area contributed by atoms with Gasteiger partial charge in [-0.1, -0.05) is 24.1 Å². The smallest absolute Gasteiger partial charge is 0.294 e. The van der Waals surface area contributed by atoms with Crippen molar-refractivity contribution in [2.75, 3.05) is 0 Å². The first-order chi connectivity index (χ1) is 6.29. The molecule has 0 unspecified atom stereocenters. The summed E-state index contributed by atoms with van der Waals surface area (Å²) in [4.78, 5) is 10.2. The topological polar surface area (TPSA) is 43.1 Å². The van der Waals surface area contributed by atoms with E-state index >= 15 is 0 Å². The van der Waals surface area contributed by atoms with Crippen LogP contribution >= 0.6 is 0 Å². The van der Waals surface area contributed by atoms with Crippen molar-refractivity contribution >= 4 is 5.91 Å². The molecule has 0 spiro atoms. The Balaban J connectivity index is 2.71. The minimum atomic E-state index is -0.664. The van der Waals surface area contributed by atoms with Crippen LogP contribution in [0.4, 0.5) is 0 Å². The number of amides is 1. The minimum absolute atomic E-state index is 0.664. The Morgan fingerprint density at radius 1 is 1.15 bits per heavy atom. The molecule has 0 radical (unpaired) electrons. The second-order valence-electron chi connectivity index (χ2n) is 2.23. The summed E-state index contributed by atoms with van der Waals surface area (Å²) >= 11 is 0. The van der Waals surface area contributed by atoms with Gasteiger partial charge in [0.15, 0.2) is 0 Å². The molecular formula is C11H7NO. The molecular weight excluding hydrogens is 162 g/mol. The molecule has 0 saturated carbocycles. The van der Waals surface area contributed by atoms with Gasteiger partial charge in [-0.2, -0.15) is 0 Å². The quantitative estimate of drug-likeness (QED) is 0.565. The first-order valence-corrected chi connectivity index (χ1v) is 3.65. The third kappa shape index (κ3) is 3.65. The van der Waals surface area contributed by atoms with Gasteiger partial charge in [-0.05, 0) is 24.0 Å². The number of hydrogen-bond acceptors (Lipinski definition) is 1. The maximum atomic E-state index is 10.2. The lowest BCUT2D eigenvalue weighted by molar-refractivity contribution is -0.112. The Morgan fingerprint density at radius 2 is 1.85 bits per heavy atom. The summed E-state index contributed by atoms with van der Waals surface area (Å²) in [6.45, 7) is 0. The molecule has 62 valence electrons. The first kappa shape index (κ1) is 8.90. The Kier molecular flexibility index (Phi) is 3.18. The van der Waals surface area contributed by atoms with E-state index in [9.17, 15) is 4.79 Å². The number of carbonyl (C=O) groups excluding carboxylic acids is 1. The van der Waals surface area contributed by atoms with Gasteiger partial charge in [-0.25, -0.2) is 0 Å². The van der Waals surface area contributed by atoms with Crippen molar-refractivity contribution in [2.24, 2.45) is 5.73 Å². The van der Waals surface area contributed by atoms with Crippen LogP contribution in [0.3, 0.4) is 0 Å².